The third-order valence-electron chi connectivity index (χ3n) is 3.51. The molecule has 4 heteroatoms. The van der Waals surface area contributed by atoms with Gasteiger partial charge in [0, 0.05) is 17.4 Å². The van der Waals surface area contributed by atoms with E-state index >= 15 is 0 Å². The fraction of sp³-hybridized carbons (Fsp3) is 0.471. The molecule has 0 radical (unpaired) electrons. The second-order valence-corrected chi connectivity index (χ2v) is 6.66. The normalized spacial score (nSPS) is 17.7. The van der Waals surface area contributed by atoms with Crippen LogP contribution < -0.4 is 11.1 Å². The molecular formula is C17H22N2OS. The molecule has 2 rings (SSSR count). The number of rotatable bonds is 3. The van der Waals surface area contributed by atoms with Crippen LogP contribution in [-0.4, -0.2) is 30.0 Å². The highest BCUT2D eigenvalue weighted by molar-refractivity contribution is 7.99. The maximum absolute atomic E-state index is 12.4. The Bertz CT molecular complexity index is 554. The van der Waals surface area contributed by atoms with Crippen molar-refractivity contribution < 1.29 is 4.79 Å². The topological polar surface area (TPSA) is 55.1 Å². The lowest BCUT2D eigenvalue weighted by molar-refractivity contribution is 0.0953. The van der Waals surface area contributed by atoms with Crippen molar-refractivity contribution in [3.8, 4) is 11.8 Å². The minimum atomic E-state index is -0.0359. The first-order valence-electron chi connectivity index (χ1n) is 7.40. The van der Waals surface area contributed by atoms with E-state index in [1.54, 1.807) is 0 Å². The minimum absolute atomic E-state index is 0.0359. The number of carbonyl (C=O) groups is 1. The van der Waals surface area contributed by atoms with Crippen molar-refractivity contribution in [2.75, 3.05) is 18.8 Å². The van der Waals surface area contributed by atoms with Gasteiger partial charge in [-0.3, -0.25) is 4.79 Å². The number of thioether (sulfide) groups is 1. The second kappa shape index (κ2) is 8.11. The van der Waals surface area contributed by atoms with E-state index in [1.807, 2.05) is 36.9 Å². The Morgan fingerprint density at radius 3 is 3.05 bits per heavy atom. The summed E-state index contributed by atoms with van der Waals surface area (Å²) in [6.45, 7) is 3.02. The number of nitrogens with two attached hydrogens (primary N) is 1. The van der Waals surface area contributed by atoms with E-state index in [1.165, 1.54) is 25.0 Å². The van der Waals surface area contributed by atoms with Crippen molar-refractivity contribution in [3.63, 3.8) is 0 Å². The summed E-state index contributed by atoms with van der Waals surface area (Å²) in [4.78, 5) is 12.4. The molecule has 1 aliphatic rings. The Hall–Kier alpha value is -1.44. The summed E-state index contributed by atoms with van der Waals surface area (Å²) >= 11 is 1.96. The van der Waals surface area contributed by atoms with Crippen LogP contribution in [0, 0.1) is 18.8 Å². The number of carbonyl (C=O) groups excluding carboxylic acids is 1. The monoisotopic (exact) mass is 302 g/mol. The highest BCUT2D eigenvalue weighted by atomic mass is 32.2. The summed E-state index contributed by atoms with van der Waals surface area (Å²) in [6.07, 6.45) is 3.76. The van der Waals surface area contributed by atoms with Crippen LogP contribution in [0.1, 0.15) is 40.7 Å². The van der Waals surface area contributed by atoms with E-state index in [4.69, 9.17) is 5.73 Å². The molecule has 0 aliphatic carbocycles. The summed E-state index contributed by atoms with van der Waals surface area (Å²) in [5, 5.41) is 3.60. The quantitative estimate of drug-likeness (QED) is 0.843. The summed E-state index contributed by atoms with van der Waals surface area (Å²) in [7, 11) is 0. The Kier molecular flexibility index (Phi) is 6.16. The summed E-state index contributed by atoms with van der Waals surface area (Å²) < 4.78 is 0. The maximum atomic E-state index is 12.4. The van der Waals surface area contributed by atoms with Crippen LogP contribution in [0.25, 0.3) is 0 Å². The van der Waals surface area contributed by atoms with Gasteiger partial charge in [-0.2, -0.15) is 11.8 Å². The zero-order valence-electron chi connectivity index (χ0n) is 12.4. The molecule has 1 aromatic rings. The zero-order valence-corrected chi connectivity index (χ0v) is 13.3. The predicted octanol–water partition coefficient (Wildman–Crippen LogP) is 2.32. The van der Waals surface area contributed by atoms with E-state index in [0.29, 0.717) is 17.4 Å². The van der Waals surface area contributed by atoms with E-state index in [0.717, 1.165) is 17.7 Å². The summed E-state index contributed by atoms with van der Waals surface area (Å²) in [6, 6.07) is 5.75. The lowest BCUT2D eigenvalue weighted by Crippen LogP contribution is -2.32. The lowest BCUT2D eigenvalue weighted by Gasteiger charge is -2.21. The molecule has 1 unspecified atom stereocenters. The maximum Gasteiger partial charge on any atom is 0.252 e. The van der Waals surface area contributed by atoms with Crippen molar-refractivity contribution in [3.05, 3.63) is 34.9 Å². The standard InChI is InChI=1S/C17H22N2OS/c1-13-7-8-14(5-4-9-18)16(11-13)17(20)19-12-15-6-2-3-10-21-15/h7-8,11,15H,2-3,6,9-10,12,18H2,1H3,(H,19,20). The molecule has 1 atom stereocenters. The lowest BCUT2D eigenvalue weighted by atomic mass is 10.0. The van der Waals surface area contributed by atoms with Crippen LogP contribution in [0.4, 0.5) is 0 Å². The Morgan fingerprint density at radius 2 is 2.33 bits per heavy atom. The fourth-order valence-electron chi connectivity index (χ4n) is 2.37. The van der Waals surface area contributed by atoms with Gasteiger partial charge in [0.15, 0.2) is 0 Å². The third kappa shape index (κ3) is 4.80. The van der Waals surface area contributed by atoms with Gasteiger partial charge in [-0.1, -0.05) is 29.9 Å². The van der Waals surface area contributed by atoms with Crippen LogP contribution in [-0.2, 0) is 0 Å². The van der Waals surface area contributed by atoms with Crippen molar-refractivity contribution in [2.45, 2.75) is 31.4 Å². The molecule has 1 heterocycles. The first-order chi connectivity index (χ1) is 10.2. The highest BCUT2D eigenvalue weighted by Gasteiger charge is 2.16. The van der Waals surface area contributed by atoms with Gasteiger partial charge in [-0.25, -0.2) is 0 Å². The van der Waals surface area contributed by atoms with Crippen molar-refractivity contribution in [1.82, 2.24) is 5.32 Å². The summed E-state index contributed by atoms with van der Waals surface area (Å²) in [5.41, 5.74) is 7.87. The Labute approximate surface area is 131 Å². The molecule has 0 saturated carbocycles. The van der Waals surface area contributed by atoms with E-state index in [2.05, 4.69) is 17.2 Å². The molecule has 1 saturated heterocycles. The van der Waals surface area contributed by atoms with Gasteiger partial charge in [0.1, 0.15) is 0 Å². The molecule has 0 bridgehead atoms. The smallest absolute Gasteiger partial charge is 0.252 e. The summed E-state index contributed by atoms with van der Waals surface area (Å²) in [5.74, 6) is 6.97. The van der Waals surface area contributed by atoms with Gasteiger partial charge in [-0.15, -0.1) is 0 Å². The van der Waals surface area contributed by atoms with Crippen LogP contribution in [0.3, 0.4) is 0 Å². The van der Waals surface area contributed by atoms with Crippen LogP contribution >= 0.6 is 11.8 Å². The molecule has 21 heavy (non-hydrogen) atoms. The molecule has 1 aliphatic heterocycles. The second-order valence-electron chi connectivity index (χ2n) is 5.25. The SMILES string of the molecule is Cc1ccc(C#CCN)c(C(=O)NCC2CCCCS2)c1. The molecule has 0 spiro atoms. The van der Waals surface area contributed by atoms with E-state index in [9.17, 15) is 4.79 Å². The molecule has 3 nitrogen and oxygen atoms in total. The first kappa shape index (κ1) is 15.9. The van der Waals surface area contributed by atoms with Crippen LogP contribution in [0.5, 0.6) is 0 Å². The van der Waals surface area contributed by atoms with Gasteiger partial charge >= 0.3 is 0 Å². The van der Waals surface area contributed by atoms with E-state index in [-0.39, 0.29) is 5.91 Å². The number of amides is 1. The van der Waals surface area contributed by atoms with Crippen molar-refractivity contribution >= 4 is 17.7 Å². The zero-order chi connectivity index (χ0) is 15.1. The number of nitrogens with one attached hydrogen (secondary N) is 1. The van der Waals surface area contributed by atoms with Crippen LogP contribution in [0.15, 0.2) is 18.2 Å². The van der Waals surface area contributed by atoms with Gasteiger partial charge in [-0.05, 0) is 37.7 Å². The Morgan fingerprint density at radius 1 is 1.48 bits per heavy atom. The number of hydrogen-bond donors (Lipinski definition) is 2. The highest BCUT2D eigenvalue weighted by Crippen LogP contribution is 2.24. The largest absolute Gasteiger partial charge is 0.351 e. The molecule has 3 N–H and O–H groups in total. The molecule has 1 aromatic carbocycles. The molecule has 0 aromatic heterocycles. The van der Waals surface area contributed by atoms with Crippen LogP contribution in [0.2, 0.25) is 0 Å². The average molecular weight is 302 g/mol. The Balaban J connectivity index is 2.04. The van der Waals surface area contributed by atoms with Gasteiger partial charge in [0.2, 0.25) is 0 Å². The van der Waals surface area contributed by atoms with Crippen molar-refractivity contribution in [1.29, 1.82) is 0 Å². The molecular weight excluding hydrogens is 280 g/mol. The van der Waals surface area contributed by atoms with Crippen molar-refractivity contribution in [2.24, 2.45) is 5.73 Å². The number of hydrogen-bond acceptors (Lipinski definition) is 3. The first-order valence-corrected chi connectivity index (χ1v) is 8.45. The third-order valence-corrected chi connectivity index (χ3v) is 4.91. The van der Waals surface area contributed by atoms with Gasteiger partial charge in [0.25, 0.3) is 5.91 Å². The van der Waals surface area contributed by atoms with E-state index < -0.39 is 0 Å². The fourth-order valence-corrected chi connectivity index (χ4v) is 3.61. The molecule has 1 fully saturated rings. The average Bonchev–Trinajstić information content (AvgIpc) is 2.52. The molecule has 112 valence electrons. The minimum Gasteiger partial charge on any atom is -0.351 e. The number of benzene rings is 1. The predicted molar refractivity (Wildman–Crippen MR) is 89.5 cm³/mol. The van der Waals surface area contributed by atoms with Gasteiger partial charge < -0.3 is 11.1 Å². The molecule has 1 amide bonds. The van der Waals surface area contributed by atoms with Gasteiger partial charge in [0.05, 0.1) is 12.1 Å². The number of aryl methyl sites for hydroxylation is 1.